The fraction of sp³-hybridized carbons (Fsp3) is 1.00. The van der Waals surface area contributed by atoms with Crippen molar-refractivity contribution in [1.82, 2.24) is 0 Å². The number of ether oxygens (including phenoxy) is 2. The summed E-state index contributed by atoms with van der Waals surface area (Å²) in [5, 5.41) is 9.39. The van der Waals surface area contributed by atoms with Crippen LogP contribution in [0.15, 0.2) is 0 Å². The van der Waals surface area contributed by atoms with Crippen LogP contribution in [0.2, 0.25) is 5.54 Å². The van der Waals surface area contributed by atoms with E-state index < -0.39 is 0 Å². The van der Waals surface area contributed by atoms with E-state index >= 15 is 0 Å². The van der Waals surface area contributed by atoms with E-state index in [1.165, 1.54) is 16.7 Å². The third kappa shape index (κ3) is 2.00. The lowest BCUT2D eigenvalue weighted by molar-refractivity contribution is 0.0353. The van der Waals surface area contributed by atoms with E-state index in [4.69, 9.17) is 9.47 Å². The van der Waals surface area contributed by atoms with Crippen LogP contribution < -0.4 is 0 Å². The van der Waals surface area contributed by atoms with Crippen molar-refractivity contribution in [3.05, 3.63) is 0 Å². The summed E-state index contributed by atoms with van der Waals surface area (Å²) in [6.45, 7) is 3.99. The van der Waals surface area contributed by atoms with Crippen molar-refractivity contribution in [3.63, 3.8) is 0 Å². The molecule has 1 N–H and O–H groups in total. The Kier molecular flexibility index (Phi) is 3.50. The molecule has 0 spiro atoms. The number of aliphatic hydroxyl groups is 1. The fourth-order valence-corrected chi connectivity index (χ4v) is 3.99. The highest BCUT2D eigenvalue weighted by atomic mass is 28.1. The normalized spacial score (nSPS) is 43.2. The standard InChI is InChI=1S/C11H22O3Si/c1-2-3-4-13-6-8-9(15)5-10-11(8,7-12)14-10/h8-10,12H,2-7H2,1,15H3/t8-,9+,10-,11+/m1/s1. The van der Waals surface area contributed by atoms with E-state index in [2.05, 4.69) is 6.92 Å². The van der Waals surface area contributed by atoms with Gasteiger partial charge < -0.3 is 14.6 Å². The van der Waals surface area contributed by atoms with Gasteiger partial charge in [-0.25, -0.2) is 0 Å². The van der Waals surface area contributed by atoms with Gasteiger partial charge in [0.05, 0.1) is 19.3 Å². The molecule has 1 aliphatic carbocycles. The highest BCUT2D eigenvalue weighted by molar-refractivity contribution is 6.12. The summed E-state index contributed by atoms with van der Waals surface area (Å²) < 4.78 is 11.3. The predicted molar refractivity (Wildman–Crippen MR) is 62.2 cm³/mol. The van der Waals surface area contributed by atoms with Gasteiger partial charge in [0.25, 0.3) is 0 Å². The van der Waals surface area contributed by atoms with Gasteiger partial charge in [-0.15, -0.1) is 0 Å². The summed E-state index contributed by atoms with van der Waals surface area (Å²) in [4.78, 5) is 0. The molecule has 1 saturated heterocycles. The van der Waals surface area contributed by atoms with E-state index in [1.807, 2.05) is 0 Å². The van der Waals surface area contributed by atoms with Gasteiger partial charge in [-0.3, -0.25) is 0 Å². The molecule has 4 atom stereocenters. The van der Waals surface area contributed by atoms with Gasteiger partial charge in [0.2, 0.25) is 0 Å². The van der Waals surface area contributed by atoms with E-state index in [-0.39, 0.29) is 12.2 Å². The molecule has 0 amide bonds. The zero-order chi connectivity index (χ0) is 10.9. The summed E-state index contributed by atoms with van der Waals surface area (Å²) in [7, 11) is 1.19. The van der Waals surface area contributed by atoms with Crippen LogP contribution in [-0.2, 0) is 9.47 Å². The number of fused-ring (bicyclic) bond motifs is 1. The Morgan fingerprint density at radius 1 is 1.60 bits per heavy atom. The van der Waals surface area contributed by atoms with E-state index in [1.54, 1.807) is 0 Å². The maximum Gasteiger partial charge on any atom is 0.123 e. The summed E-state index contributed by atoms with van der Waals surface area (Å²) in [5.74, 6) is 0.455. The van der Waals surface area contributed by atoms with Crippen LogP contribution >= 0.6 is 0 Å². The Hall–Kier alpha value is 0.0969. The van der Waals surface area contributed by atoms with E-state index in [9.17, 15) is 5.11 Å². The Labute approximate surface area is 94.6 Å². The SMILES string of the molecule is CCCCOC[C@@H]1[C@@H]([SiH3])C[C@H]2O[C@@]12CO. The molecular weight excluding hydrogens is 208 g/mol. The number of hydrogen-bond acceptors (Lipinski definition) is 3. The molecule has 88 valence electrons. The first-order chi connectivity index (χ1) is 7.24. The van der Waals surface area contributed by atoms with Gasteiger partial charge in [0.1, 0.15) is 5.60 Å². The minimum Gasteiger partial charge on any atom is -0.393 e. The van der Waals surface area contributed by atoms with Crippen LogP contribution in [0, 0.1) is 5.92 Å². The Bertz CT molecular complexity index is 220. The first-order valence-electron chi connectivity index (χ1n) is 6.11. The molecule has 4 heteroatoms. The number of rotatable bonds is 6. The van der Waals surface area contributed by atoms with Gasteiger partial charge in [0, 0.05) is 22.8 Å². The molecule has 0 radical (unpaired) electrons. The maximum absolute atomic E-state index is 9.39. The second kappa shape index (κ2) is 4.53. The van der Waals surface area contributed by atoms with E-state index in [0.29, 0.717) is 12.0 Å². The number of unbranched alkanes of at least 4 members (excludes halogenated alkanes) is 1. The minimum absolute atomic E-state index is 0.179. The Morgan fingerprint density at radius 2 is 2.40 bits per heavy atom. The molecule has 2 aliphatic rings. The lowest BCUT2D eigenvalue weighted by Gasteiger charge is -2.23. The summed E-state index contributed by atoms with van der Waals surface area (Å²) in [6.07, 6.45) is 3.80. The zero-order valence-electron chi connectivity index (χ0n) is 9.74. The molecule has 1 saturated carbocycles. The van der Waals surface area contributed by atoms with Crippen molar-refractivity contribution >= 4 is 10.2 Å². The molecule has 2 fully saturated rings. The molecule has 1 heterocycles. The quantitative estimate of drug-likeness (QED) is 0.400. The highest BCUT2D eigenvalue weighted by Crippen LogP contribution is 2.57. The van der Waals surface area contributed by atoms with Gasteiger partial charge in [-0.1, -0.05) is 13.3 Å². The topological polar surface area (TPSA) is 42.0 Å². The number of epoxide rings is 1. The largest absolute Gasteiger partial charge is 0.393 e. The first kappa shape index (κ1) is 11.6. The smallest absolute Gasteiger partial charge is 0.123 e. The third-order valence-electron chi connectivity index (χ3n) is 3.94. The minimum atomic E-state index is -0.196. The molecule has 0 aromatic carbocycles. The molecule has 0 aromatic rings. The predicted octanol–water partition coefficient (Wildman–Crippen LogP) is 0.107. The molecule has 1 aliphatic heterocycles. The van der Waals surface area contributed by atoms with Gasteiger partial charge in [0.15, 0.2) is 0 Å². The fourth-order valence-electron chi connectivity index (χ4n) is 2.81. The van der Waals surface area contributed by atoms with Gasteiger partial charge in [-0.2, -0.15) is 0 Å². The molecule has 2 rings (SSSR count). The van der Waals surface area contributed by atoms with Crippen LogP contribution in [0.5, 0.6) is 0 Å². The van der Waals surface area contributed by atoms with Crippen LogP contribution in [0.4, 0.5) is 0 Å². The lowest BCUT2D eigenvalue weighted by atomic mass is 9.96. The summed E-state index contributed by atoms with van der Waals surface area (Å²) in [6, 6.07) is 0. The Balaban J connectivity index is 1.79. The van der Waals surface area contributed by atoms with Crippen LogP contribution in [-0.4, -0.2) is 46.9 Å². The van der Waals surface area contributed by atoms with Gasteiger partial charge in [-0.05, 0) is 18.4 Å². The highest BCUT2D eigenvalue weighted by Gasteiger charge is 2.67. The summed E-state index contributed by atoms with van der Waals surface area (Å²) >= 11 is 0. The van der Waals surface area contributed by atoms with E-state index in [0.717, 1.165) is 31.6 Å². The molecule has 0 bridgehead atoms. The monoisotopic (exact) mass is 230 g/mol. The molecule has 3 nitrogen and oxygen atoms in total. The van der Waals surface area contributed by atoms with Crippen molar-refractivity contribution in [3.8, 4) is 0 Å². The van der Waals surface area contributed by atoms with Crippen molar-refractivity contribution in [2.45, 2.75) is 43.4 Å². The van der Waals surface area contributed by atoms with Crippen LogP contribution in [0.3, 0.4) is 0 Å². The second-order valence-electron chi connectivity index (χ2n) is 4.97. The first-order valence-corrected chi connectivity index (χ1v) is 7.26. The van der Waals surface area contributed by atoms with Gasteiger partial charge >= 0.3 is 0 Å². The van der Waals surface area contributed by atoms with Crippen molar-refractivity contribution in [2.75, 3.05) is 19.8 Å². The van der Waals surface area contributed by atoms with Crippen molar-refractivity contribution in [2.24, 2.45) is 5.92 Å². The third-order valence-corrected chi connectivity index (χ3v) is 5.21. The maximum atomic E-state index is 9.39. The molecule has 0 unspecified atom stereocenters. The second-order valence-corrected chi connectivity index (χ2v) is 6.45. The van der Waals surface area contributed by atoms with Crippen molar-refractivity contribution in [1.29, 1.82) is 0 Å². The zero-order valence-corrected chi connectivity index (χ0v) is 11.7. The molecular formula is C11H22O3Si. The average Bonchev–Trinajstić information content (AvgIpc) is 2.86. The molecule has 15 heavy (non-hydrogen) atoms. The lowest BCUT2D eigenvalue weighted by Crippen LogP contribution is -2.32. The Morgan fingerprint density at radius 3 is 3.07 bits per heavy atom. The molecule has 0 aromatic heterocycles. The summed E-state index contributed by atoms with van der Waals surface area (Å²) in [5.41, 5.74) is 0.566. The van der Waals surface area contributed by atoms with Crippen LogP contribution in [0.25, 0.3) is 0 Å². The number of aliphatic hydroxyl groups excluding tert-OH is 1. The van der Waals surface area contributed by atoms with Crippen LogP contribution in [0.1, 0.15) is 26.2 Å². The average molecular weight is 230 g/mol. The number of hydrogen-bond donors (Lipinski definition) is 1. The van der Waals surface area contributed by atoms with Crippen molar-refractivity contribution < 1.29 is 14.6 Å².